The summed E-state index contributed by atoms with van der Waals surface area (Å²) in [5, 5.41) is 3.48. The number of nitrogens with zero attached hydrogens (tertiary/aromatic N) is 2. The van der Waals surface area contributed by atoms with Gasteiger partial charge in [-0.3, -0.25) is 4.90 Å². The minimum Gasteiger partial charge on any atom is -0.330 e. The Morgan fingerprint density at radius 3 is 2.04 bits per heavy atom. The van der Waals surface area contributed by atoms with E-state index in [-0.39, 0.29) is 5.41 Å². The molecule has 0 bridgehead atoms. The van der Waals surface area contributed by atoms with Gasteiger partial charge in [0.15, 0.2) is 0 Å². The van der Waals surface area contributed by atoms with Crippen molar-refractivity contribution in [3.8, 4) is 0 Å². The molecule has 0 radical (unpaired) electrons. The molecule has 1 saturated carbocycles. The van der Waals surface area contributed by atoms with Gasteiger partial charge in [-0.15, -0.1) is 0 Å². The Morgan fingerprint density at radius 1 is 1.00 bits per heavy atom. The van der Waals surface area contributed by atoms with E-state index in [0.717, 1.165) is 13.1 Å². The lowest BCUT2D eigenvalue weighted by Crippen LogP contribution is -2.65. The minimum atomic E-state index is 0.263. The first-order valence-corrected chi connectivity index (χ1v) is 10.2. The van der Waals surface area contributed by atoms with Crippen LogP contribution in [0.2, 0.25) is 0 Å². The van der Waals surface area contributed by atoms with Crippen molar-refractivity contribution in [2.24, 2.45) is 16.6 Å². The Bertz CT molecular complexity index is 371. The van der Waals surface area contributed by atoms with Gasteiger partial charge in [0.25, 0.3) is 0 Å². The SMILES string of the molecule is CC.CC(C)(CN)CN1CCC2(CC1)CC(C)(N1CCNCC1)C2. The van der Waals surface area contributed by atoms with Gasteiger partial charge in [-0.05, 0) is 63.1 Å². The molecule has 1 spiro atoms. The summed E-state index contributed by atoms with van der Waals surface area (Å²) < 4.78 is 0. The van der Waals surface area contributed by atoms with Gasteiger partial charge in [-0.25, -0.2) is 0 Å². The van der Waals surface area contributed by atoms with Crippen LogP contribution in [0, 0.1) is 10.8 Å². The molecule has 2 heterocycles. The van der Waals surface area contributed by atoms with Crippen LogP contribution in [0.15, 0.2) is 0 Å². The van der Waals surface area contributed by atoms with Gasteiger partial charge in [0.2, 0.25) is 0 Å². The Hall–Kier alpha value is -0.160. The molecule has 0 amide bonds. The first kappa shape index (κ1) is 20.2. The standard InChI is InChI=1S/C18H36N4.C2H6/c1-16(2,14-19)15-21-8-4-18(5-9-21)12-17(3,13-18)22-10-6-20-7-11-22;1-2/h20H,4-15,19H2,1-3H3;1-2H3. The number of nitrogens with one attached hydrogen (secondary N) is 1. The third-order valence-corrected chi connectivity index (χ3v) is 6.51. The first-order chi connectivity index (χ1) is 11.4. The van der Waals surface area contributed by atoms with Gasteiger partial charge >= 0.3 is 0 Å². The zero-order valence-electron chi connectivity index (χ0n) is 17.0. The summed E-state index contributed by atoms with van der Waals surface area (Å²) in [5.41, 5.74) is 7.30. The molecule has 3 fully saturated rings. The van der Waals surface area contributed by atoms with Crippen molar-refractivity contribution in [2.75, 3.05) is 52.4 Å². The maximum atomic E-state index is 5.89. The lowest BCUT2D eigenvalue weighted by Gasteiger charge is -2.62. The van der Waals surface area contributed by atoms with E-state index in [2.05, 4.69) is 35.9 Å². The van der Waals surface area contributed by atoms with E-state index < -0.39 is 0 Å². The molecule has 0 aromatic heterocycles. The summed E-state index contributed by atoms with van der Waals surface area (Å²) in [5.74, 6) is 0. The Balaban J connectivity index is 0.00000100. The molecule has 0 aromatic rings. The normalized spacial score (nSPS) is 27.2. The predicted molar refractivity (Wildman–Crippen MR) is 104 cm³/mol. The minimum absolute atomic E-state index is 0.263. The lowest BCUT2D eigenvalue weighted by atomic mass is 9.53. The largest absolute Gasteiger partial charge is 0.330 e. The van der Waals surface area contributed by atoms with Crippen LogP contribution in [0.5, 0.6) is 0 Å². The number of piperazine rings is 1. The van der Waals surface area contributed by atoms with Crippen LogP contribution < -0.4 is 11.1 Å². The second kappa shape index (κ2) is 8.03. The van der Waals surface area contributed by atoms with E-state index in [1.807, 2.05) is 13.8 Å². The molecule has 0 atom stereocenters. The maximum Gasteiger partial charge on any atom is 0.0193 e. The summed E-state index contributed by atoms with van der Waals surface area (Å²) in [6, 6.07) is 0. The molecule has 142 valence electrons. The molecule has 4 nitrogen and oxygen atoms in total. The van der Waals surface area contributed by atoms with Crippen LogP contribution >= 0.6 is 0 Å². The van der Waals surface area contributed by atoms with E-state index in [1.165, 1.54) is 65.0 Å². The molecule has 0 unspecified atom stereocenters. The van der Waals surface area contributed by atoms with Gasteiger partial charge in [-0.2, -0.15) is 0 Å². The second-order valence-corrected chi connectivity index (χ2v) is 9.23. The van der Waals surface area contributed by atoms with Crippen LogP contribution in [0.25, 0.3) is 0 Å². The highest BCUT2D eigenvalue weighted by atomic mass is 15.3. The average Bonchev–Trinajstić information content (AvgIpc) is 2.58. The van der Waals surface area contributed by atoms with Crippen molar-refractivity contribution in [2.45, 2.75) is 65.8 Å². The van der Waals surface area contributed by atoms with Crippen LogP contribution in [-0.4, -0.2) is 67.7 Å². The highest BCUT2D eigenvalue weighted by Gasteiger charge is 2.54. The molecular weight excluding hydrogens is 296 g/mol. The van der Waals surface area contributed by atoms with Crippen LogP contribution in [-0.2, 0) is 0 Å². The molecule has 2 saturated heterocycles. The van der Waals surface area contributed by atoms with Gasteiger partial charge in [0.1, 0.15) is 0 Å². The summed E-state index contributed by atoms with van der Waals surface area (Å²) in [6.07, 6.45) is 5.65. The maximum absolute atomic E-state index is 5.89. The predicted octanol–water partition coefficient (Wildman–Crippen LogP) is 2.54. The third kappa shape index (κ3) is 4.51. The summed E-state index contributed by atoms with van der Waals surface area (Å²) in [7, 11) is 0. The number of piperidine rings is 1. The van der Waals surface area contributed by atoms with Crippen LogP contribution in [0.3, 0.4) is 0 Å². The number of hydrogen-bond acceptors (Lipinski definition) is 4. The summed E-state index contributed by atoms with van der Waals surface area (Å²) in [6.45, 7) is 20.4. The van der Waals surface area contributed by atoms with E-state index in [4.69, 9.17) is 5.73 Å². The number of nitrogens with two attached hydrogens (primary N) is 1. The zero-order valence-corrected chi connectivity index (χ0v) is 17.0. The monoisotopic (exact) mass is 338 g/mol. The van der Waals surface area contributed by atoms with Crippen molar-refractivity contribution in [3.63, 3.8) is 0 Å². The van der Waals surface area contributed by atoms with Gasteiger partial charge in [0.05, 0.1) is 0 Å². The second-order valence-electron chi connectivity index (χ2n) is 9.23. The Labute approximate surface area is 150 Å². The average molecular weight is 339 g/mol. The highest BCUT2D eigenvalue weighted by molar-refractivity contribution is 5.09. The molecule has 3 aliphatic rings. The van der Waals surface area contributed by atoms with Crippen molar-refractivity contribution >= 4 is 0 Å². The van der Waals surface area contributed by atoms with Gasteiger partial charge < -0.3 is 16.0 Å². The fraction of sp³-hybridized carbons (Fsp3) is 1.00. The molecular formula is C20H42N4. The number of likely N-dealkylation sites (tertiary alicyclic amines) is 1. The quantitative estimate of drug-likeness (QED) is 0.827. The molecule has 3 rings (SSSR count). The fourth-order valence-electron chi connectivity index (χ4n) is 5.20. The van der Waals surface area contributed by atoms with Crippen molar-refractivity contribution in [1.29, 1.82) is 0 Å². The van der Waals surface area contributed by atoms with Crippen molar-refractivity contribution in [1.82, 2.24) is 15.1 Å². The molecule has 24 heavy (non-hydrogen) atoms. The fourth-order valence-corrected chi connectivity index (χ4v) is 5.20. The van der Waals surface area contributed by atoms with E-state index in [1.54, 1.807) is 0 Å². The van der Waals surface area contributed by atoms with Gasteiger partial charge in [0, 0.05) is 38.3 Å². The third-order valence-electron chi connectivity index (χ3n) is 6.51. The van der Waals surface area contributed by atoms with Crippen LogP contribution in [0.1, 0.15) is 60.3 Å². The van der Waals surface area contributed by atoms with Crippen molar-refractivity contribution in [3.05, 3.63) is 0 Å². The number of rotatable bonds is 4. The van der Waals surface area contributed by atoms with E-state index in [0.29, 0.717) is 11.0 Å². The highest BCUT2D eigenvalue weighted by Crippen LogP contribution is 2.57. The van der Waals surface area contributed by atoms with E-state index in [9.17, 15) is 0 Å². The first-order valence-electron chi connectivity index (χ1n) is 10.2. The van der Waals surface area contributed by atoms with Crippen molar-refractivity contribution < 1.29 is 0 Å². The molecule has 3 N–H and O–H groups in total. The molecule has 2 aliphatic heterocycles. The van der Waals surface area contributed by atoms with E-state index >= 15 is 0 Å². The summed E-state index contributed by atoms with van der Waals surface area (Å²) >= 11 is 0. The summed E-state index contributed by atoms with van der Waals surface area (Å²) in [4.78, 5) is 5.40. The smallest absolute Gasteiger partial charge is 0.0193 e. The van der Waals surface area contributed by atoms with Crippen LogP contribution in [0.4, 0.5) is 0 Å². The number of hydrogen-bond donors (Lipinski definition) is 2. The Kier molecular flexibility index (Phi) is 6.74. The zero-order chi connectivity index (χ0) is 17.8. The molecule has 0 aromatic carbocycles. The topological polar surface area (TPSA) is 44.5 Å². The Morgan fingerprint density at radius 2 is 1.54 bits per heavy atom. The molecule has 4 heteroatoms. The van der Waals surface area contributed by atoms with Gasteiger partial charge in [-0.1, -0.05) is 27.7 Å². The molecule has 1 aliphatic carbocycles. The lowest BCUT2D eigenvalue weighted by molar-refractivity contribution is -0.107.